The second-order valence-electron chi connectivity index (χ2n) is 6.89. The molecule has 3 nitrogen and oxygen atoms in total. The van der Waals surface area contributed by atoms with Crippen molar-refractivity contribution >= 4 is 0 Å². The maximum atomic E-state index is 3.54. The van der Waals surface area contributed by atoms with Gasteiger partial charge in [0.05, 0.1) is 0 Å². The van der Waals surface area contributed by atoms with Gasteiger partial charge in [-0.25, -0.2) is 0 Å². The maximum absolute atomic E-state index is 3.54. The van der Waals surface area contributed by atoms with E-state index in [0.29, 0.717) is 0 Å². The van der Waals surface area contributed by atoms with Gasteiger partial charge in [0.15, 0.2) is 0 Å². The van der Waals surface area contributed by atoms with Crippen LogP contribution in [0.4, 0.5) is 0 Å². The van der Waals surface area contributed by atoms with Crippen molar-refractivity contribution in [3.05, 3.63) is 0 Å². The largest absolute Gasteiger partial charge is 0.316 e. The molecular weight excluding hydrogens is 222 g/mol. The van der Waals surface area contributed by atoms with Gasteiger partial charge in [0.2, 0.25) is 0 Å². The zero-order chi connectivity index (χ0) is 12.5. The van der Waals surface area contributed by atoms with E-state index in [0.717, 1.165) is 23.8 Å². The highest BCUT2D eigenvalue weighted by Gasteiger charge is 2.35. The van der Waals surface area contributed by atoms with Crippen LogP contribution >= 0.6 is 0 Å². The molecule has 3 heteroatoms. The quantitative estimate of drug-likeness (QED) is 0.797. The number of nitrogens with one attached hydrogen (secondary N) is 1. The van der Waals surface area contributed by atoms with Gasteiger partial charge in [0.1, 0.15) is 0 Å². The van der Waals surface area contributed by atoms with Crippen molar-refractivity contribution < 1.29 is 0 Å². The molecule has 4 atom stereocenters. The third-order valence-corrected chi connectivity index (χ3v) is 5.60. The van der Waals surface area contributed by atoms with Crippen LogP contribution in [0.25, 0.3) is 0 Å². The number of hydrogen-bond acceptors (Lipinski definition) is 3. The molecule has 0 aromatic rings. The van der Waals surface area contributed by atoms with Crippen molar-refractivity contribution in [3.63, 3.8) is 0 Å². The summed E-state index contributed by atoms with van der Waals surface area (Å²) in [5, 5.41) is 3.54. The fourth-order valence-corrected chi connectivity index (χ4v) is 4.33. The van der Waals surface area contributed by atoms with Gasteiger partial charge in [-0.1, -0.05) is 6.92 Å². The molecule has 3 rings (SSSR count). The molecule has 3 aliphatic rings. The summed E-state index contributed by atoms with van der Waals surface area (Å²) in [6.07, 6.45) is 4.27. The molecule has 0 saturated carbocycles. The van der Waals surface area contributed by atoms with Crippen molar-refractivity contribution in [2.75, 3.05) is 46.3 Å². The summed E-state index contributed by atoms with van der Waals surface area (Å²) in [4.78, 5) is 5.37. The van der Waals surface area contributed by atoms with E-state index in [1.54, 1.807) is 0 Å². The first kappa shape index (κ1) is 12.9. The van der Waals surface area contributed by atoms with Crippen LogP contribution < -0.4 is 5.32 Å². The fourth-order valence-electron chi connectivity index (χ4n) is 4.33. The van der Waals surface area contributed by atoms with Gasteiger partial charge in [-0.3, -0.25) is 0 Å². The average Bonchev–Trinajstić information content (AvgIpc) is 2.75. The van der Waals surface area contributed by atoms with Crippen LogP contribution in [-0.4, -0.2) is 62.2 Å². The van der Waals surface area contributed by atoms with E-state index in [9.17, 15) is 0 Å². The van der Waals surface area contributed by atoms with Crippen LogP contribution in [0, 0.1) is 17.8 Å². The van der Waals surface area contributed by atoms with Crippen molar-refractivity contribution in [2.45, 2.75) is 32.2 Å². The lowest BCUT2D eigenvalue weighted by atomic mass is 9.83. The third-order valence-electron chi connectivity index (χ3n) is 5.60. The molecule has 3 heterocycles. The Morgan fingerprint density at radius 1 is 1.17 bits per heavy atom. The summed E-state index contributed by atoms with van der Waals surface area (Å²) in [5.41, 5.74) is 0. The van der Waals surface area contributed by atoms with Gasteiger partial charge in [0.25, 0.3) is 0 Å². The van der Waals surface area contributed by atoms with Gasteiger partial charge in [-0.05, 0) is 70.2 Å². The van der Waals surface area contributed by atoms with Gasteiger partial charge in [-0.15, -0.1) is 0 Å². The van der Waals surface area contributed by atoms with Crippen LogP contribution in [0.1, 0.15) is 26.2 Å². The molecule has 0 aliphatic carbocycles. The lowest BCUT2D eigenvalue weighted by Crippen LogP contribution is -2.53. The lowest BCUT2D eigenvalue weighted by Gasteiger charge is -2.46. The summed E-state index contributed by atoms with van der Waals surface area (Å²) >= 11 is 0. The Bertz CT molecular complexity index is 281. The Labute approximate surface area is 112 Å². The monoisotopic (exact) mass is 251 g/mol. The number of nitrogens with zero attached hydrogens (tertiary/aromatic N) is 2. The number of likely N-dealkylation sites (tertiary alicyclic amines) is 2. The van der Waals surface area contributed by atoms with Crippen LogP contribution in [0.15, 0.2) is 0 Å². The molecule has 3 aliphatic heterocycles. The van der Waals surface area contributed by atoms with E-state index in [2.05, 4.69) is 29.1 Å². The standard InChI is InChI=1S/C15H29N3/c1-12-8-16-9-14(12)11-18-7-5-15-13(10-18)4-3-6-17(15)2/h12-16H,3-11H2,1-2H3/t12-,13?,14+,15?/m1/s1. The summed E-state index contributed by atoms with van der Waals surface area (Å²) in [6, 6.07) is 0.883. The van der Waals surface area contributed by atoms with Crippen LogP contribution in [0.5, 0.6) is 0 Å². The summed E-state index contributed by atoms with van der Waals surface area (Å²) in [7, 11) is 2.33. The fraction of sp³-hybridized carbons (Fsp3) is 1.00. The normalized spacial score (nSPS) is 43.0. The first-order chi connectivity index (χ1) is 8.74. The predicted molar refractivity (Wildman–Crippen MR) is 75.7 cm³/mol. The van der Waals surface area contributed by atoms with Crippen molar-refractivity contribution in [1.29, 1.82) is 0 Å². The van der Waals surface area contributed by atoms with E-state index in [-0.39, 0.29) is 0 Å². The van der Waals surface area contributed by atoms with Crippen molar-refractivity contribution in [1.82, 2.24) is 15.1 Å². The first-order valence-electron chi connectivity index (χ1n) is 7.87. The van der Waals surface area contributed by atoms with E-state index in [4.69, 9.17) is 0 Å². The predicted octanol–water partition coefficient (Wildman–Crippen LogP) is 1.26. The second-order valence-corrected chi connectivity index (χ2v) is 6.89. The molecule has 0 spiro atoms. The first-order valence-corrected chi connectivity index (χ1v) is 7.87. The molecule has 0 aromatic heterocycles. The summed E-state index contributed by atoms with van der Waals surface area (Å²) in [5.74, 6) is 2.71. The minimum absolute atomic E-state index is 0.872. The van der Waals surface area contributed by atoms with Gasteiger partial charge >= 0.3 is 0 Å². The lowest BCUT2D eigenvalue weighted by molar-refractivity contribution is 0.0314. The Balaban J connectivity index is 1.54. The highest BCUT2D eigenvalue weighted by molar-refractivity contribution is 4.91. The molecule has 3 fully saturated rings. The van der Waals surface area contributed by atoms with Crippen LogP contribution in [-0.2, 0) is 0 Å². The van der Waals surface area contributed by atoms with Crippen LogP contribution in [0.3, 0.4) is 0 Å². The molecule has 0 radical (unpaired) electrons. The number of fused-ring (bicyclic) bond motifs is 1. The van der Waals surface area contributed by atoms with Gasteiger partial charge in [-0.2, -0.15) is 0 Å². The van der Waals surface area contributed by atoms with E-state index >= 15 is 0 Å². The molecule has 1 N–H and O–H groups in total. The highest BCUT2D eigenvalue weighted by Crippen LogP contribution is 2.30. The topological polar surface area (TPSA) is 18.5 Å². The highest BCUT2D eigenvalue weighted by atomic mass is 15.2. The summed E-state index contributed by atoms with van der Waals surface area (Å²) in [6.45, 7) is 10.2. The molecule has 104 valence electrons. The molecule has 0 aromatic carbocycles. The van der Waals surface area contributed by atoms with E-state index in [1.807, 2.05) is 0 Å². The molecule has 18 heavy (non-hydrogen) atoms. The Morgan fingerprint density at radius 2 is 2.06 bits per heavy atom. The molecule has 2 unspecified atom stereocenters. The number of rotatable bonds is 2. The van der Waals surface area contributed by atoms with Crippen LogP contribution in [0.2, 0.25) is 0 Å². The summed E-state index contributed by atoms with van der Waals surface area (Å²) < 4.78 is 0. The maximum Gasteiger partial charge on any atom is 0.0145 e. The van der Waals surface area contributed by atoms with Gasteiger partial charge < -0.3 is 15.1 Å². The molecule has 0 amide bonds. The minimum Gasteiger partial charge on any atom is -0.316 e. The second kappa shape index (κ2) is 5.48. The SMILES string of the molecule is C[C@@H]1CNC[C@H]1CN1CCC2C(CCCN2C)C1. The average molecular weight is 251 g/mol. The van der Waals surface area contributed by atoms with E-state index < -0.39 is 0 Å². The Morgan fingerprint density at radius 3 is 2.83 bits per heavy atom. The molecule has 0 bridgehead atoms. The van der Waals surface area contributed by atoms with Crippen molar-refractivity contribution in [2.24, 2.45) is 17.8 Å². The third kappa shape index (κ3) is 2.59. The number of piperidine rings is 2. The smallest absolute Gasteiger partial charge is 0.0145 e. The molecule has 3 saturated heterocycles. The van der Waals surface area contributed by atoms with Crippen molar-refractivity contribution in [3.8, 4) is 0 Å². The zero-order valence-corrected chi connectivity index (χ0v) is 12.1. The Hall–Kier alpha value is -0.120. The van der Waals surface area contributed by atoms with E-state index in [1.165, 1.54) is 58.5 Å². The minimum atomic E-state index is 0.872. The number of hydrogen-bond donors (Lipinski definition) is 1. The molecular formula is C15H29N3. The van der Waals surface area contributed by atoms with Gasteiger partial charge in [0, 0.05) is 19.1 Å². The zero-order valence-electron chi connectivity index (χ0n) is 12.1. The Kier molecular flexibility index (Phi) is 3.92.